The third-order valence-corrected chi connectivity index (χ3v) is 4.26. The summed E-state index contributed by atoms with van der Waals surface area (Å²) in [6.07, 6.45) is 5.61. The summed E-state index contributed by atoms with van der Waals surface area (Å²) in [5, 5.41) is 4.21. The molecule has 0 spiro atoms. The molecule has 2 aromatic heterocycles. The fourth-order valence-electron chi connectivity index (χ4n) is 3.15. The Labute approximate surface area is 129 Å². The monoisotopic (exact) mass is 305 g/mol. The molecule has 1 atom stereocenters. The summed E-state index contributed by atoms with van der Waals surface area (Å²) in [6, 6.07) is 0. The van der Waals surface area contributed by atoms with E-state index < -0.39 is 0 Å². The van der Waals surface area contributed by atoms with Crippen molar-refractivity contribution in [2.24, 2.45) is 13.0 Å². The summed E-state index contributed by atoms with van der Waals surface area (Å²) in [7, 11) is 3.54. The molecule has 1 aliphatic heterocycles. The van der Waals surface area contributed by atoms with Crippen molar-refractivity contribution in [3.8, 4) is 0 Å². The van der Waals surface area contributed by atoms with Gasteiger partial charge in [-0.1, -0.05) is 0 Å². The van der Waals surface area contributed by atoms with E-state index in [1.165, 1.54) is 0 Å². The lowest BCUT2D eigenvalue weighted by Gasteiger charge is -2.16. The van der Waals surface area contributed by atoms with E-state index in [1.54, 1.807) is 35.9 Å². The Hall–Kier alpha value is -1.73. The Morgan fingerprint density at radius 2 is 2.32 bits per heavy atom. The minimum atomic E-state index is -0.0385. The molecule has 0 aliphatic carbocycles. The van der Waals surface area contributed by atoms with Crippen LogP contribution in [0.3, 0.4) is 0 Å². The first-order chi connectivity index (χ1) is 10.7. The molecule has 0 saturated carbocycles. The lowest BCUT2D eigenvalue weighted by Crippen LogP contribution is -2.27. The zero-order valence-corrected chi connectivity index (χ0v) is 13.2. The van der Waals surface area contributed by atoms with Gasteiger partial charge >= 0.3 is 0 Å². The van der Waals surface area contributed by atoms with E-state index in [2.05, 4.69) is 15.0 Å². The number of likely N-dealkylation sites (tertiary alicyclic amines) is 1. The molecular formula is C15H23N5O2. The van der Waals surface area contributed by atoms with Gasteiger partial charge in [-0.15, -0.1) is 0 Å². The van der Waals surface area contributed by atoms with Gasteiger partial charge in [-0.2, -0.15) is 5.10 Å². The zero-order chi connectivity index (χ0) is 15.5. The summed E-state index contributed by atoms with van der Waals surface area (Å²) < 4.78 is 8.44. The second-order valence-electron chi connectivity index (χ2n) is 6.04. The number of rotatable bonds is 6. The first-order valence-electron chi connectivity index (χ1n) is 7.77. The molecule has 0 N–H and O–H groups in total. The number of aryl methyl sites for hydroxylation is 1. The summed E-state index contributed by atoms with van der Waals surface area (Å²) in [5.41, 5.74) is 1.08. The molecule has 7 nitrogen and oxygen atoms in total. The maximum absolute atomic E-state index is 12.4. The van der Waals surface area contributed by atoms with Gasteiger partial charge < -0.3 is 9.64 Å². The highest BCUT2D eigenvalue weighted by Crippen LogP contribution is 2.18. The third-order valence-electron chi connectivity index (χ3n) is 4.26. The Morgan fingerprint density at radius 1 is 1.45 bits per heavy atom. The van der Waals surface area contributed by atoms with Crippen LogP contribution < -0.4 is 5.56 Å². The molecule has 0 aromatic carbocycles. The van der Waals surface area contributed by atoms with Gasteiger partial charge in [-0.25, -0.2) is 4.98 Å². The molecule has 22 heavy (non-hydrogen) atoms. The number of fused-ring (bicyclic) bond motifs is 1. The molecule has 3 heterocycles. The van der Waals surface area contributed by atoms with E-state index in [9.17, 15) is 4.79 Å². The van der Waals surface area contributed by atoms with E-state index in [1.807, 2.05) is 0 Å². The topological polar surface area (TPSA) is 65.2 Å². The van der Waals surface area contributed by atoms with E-state index in [-0.39, 0.29) is 5.56 Å². The van der Waals surface area contributed by atoms with Crippen molar-refractivity contribution < 1.29 is 4.74 Å². The van der Waals surface area contributed by atoms with Gasteiger partial charge in [-0.3, -0.25) is 14.0 Å². The zero-order valence-electron chi connectivity index (χ0n) is 13.2. The summed E-state index contributed by atoms with van der Waals surface area (Å²) in [6.45, 7) is 4.73. The number of methoxy groups -OCH3 is 1. The molecule has 7 heteroatoms. The highest BCUT2D eigenvalue weighted by molar-refractivity contribution is 5.71. The van der Waals surface area contributed by atoms with Gasteiger partial charge in [0.05, 0.1) is 12.5 Å². The van der Waals surface area contributed by atoms with E-state index in [4.69, 9.17) is 4.74 Å². The maximum Gasteiger partial charge on any atom is 0.281 e. The standard InChI is InChI=1S/C15H23N5O2/c1-18-10-13-14(17-18)15(21)20(11-16-13)9-12-4-6-19(8-12)5-3-7-22-2/h10-12H,3-9H2,1-2H3. The first-order valence-corrected chi connectivity index (χ1v) is 7.77. The van der Waals surface area contributed by atoms with Gasteiger partial charge in [0.25, 0.3) is 5.56 Å². The number of hydrogen-bond donors (Lipinski definition) is 0. The molecule has 120 valence electrons. The van der Waals surface area contributed by atoms with Crippen molar-refractivity contribution in [2.45, 2.75) is 19.4 Å². The number of hydrogen-bond acceptors (Lipinski definition) is 5. The van der Waals surface area contributed by atoms with E-state index in [0.717, 1.165) is 45.6 Å². The van der Waals surface area contributed by atoms with Gasteiger partial charge in [0.1, 0.15) is 5.52 Å². The molecular weight excluding hydrogens is 282 g/mol. The normalized spacial score (nSPS) is 19.3. The van der Waals surface area contributed by atoms with Gasteiger partial charge in [0, 0.05) is 40.4 Å². The van der Waals surface area contributed by atoms with Crippen LogP contribution in [-0.4, -0.2) is 57.6 Å². The highest BCUT2D eigenvalue weighted by Gasteiger charge is 2.23. The predicted molar refractivity (Wildman–Crippen MR) is 83.8 cm³/mol. The van der Waals surface area contributed by atoms with Crippen molar-refractivity contribution in [3.63, 3.8) is 0 Å². The van der Waals surface area contributed by atoms with Crippen LogP contribution in [-0.2, 0) is 18.3 Å². The quantitative estimate of drug-likeness (QED) is 0.727. The Morgan fingerprint density at radius 3 is 3.14 bits per heavy atom. The summed E-state index contributed by atoms with van der Waals surface area (Å²) in [5.74, 6) is 0.503. The van der Waals surface area contributed by atoms with Gasteiger partial charge in [0.15, 0.2) is 5.52 Å². The van der Waals surface area contributed by atoms with Crippen molar-refractivity contribution in [2.75, 3.05) is 33.4 Å². The second-order valence-corrected chi connectivity index (χ2v) is 6.04. The van der Waals surface area contributed by atoms with Crippen LogP contribution in [0.2, 0.25) is 0 Å². The Balaban J connectivity index is 1.64. The predicted octanol–water partition coefficient (Wildman–Crippen LogP) is 0.488. The lowest BCUT2D eigenvalue weighted by molar-refractivity contribution is 0.178. The fraction of sp³-hybridized carbons (Fsp3) is 0.667. The van der Waals surface area contributed by atoms with Crippen molar-refractivity contribution in [1.29, 1.82) is 0 Å². The second kappa shape index (κ2) is 6.58. The molecule has 1 fully saturated rings. The summed E-state index contributed by atoms with van der Waals surface area (Å²) >= 11 is 0. The van der Waals surface area contributed by atoms with Gasteiger partial charge in [0.2, 0.25) is 0 Å². The SMILES string of the molecule is COCCCN1CCC(Cn2cnc3cn(C)nc3c2=O)C1. The molecule has 0 amide bonds. The molecule has 0 bridgehead atoms. The minimum absolute atomic E-state index is 0.0385. The number of nitrogens with zero attached hydrogens (tertiary/aromatic N) is 5. The van der Waals surface area contributed by atoms with Crippen LogP contribution in [0.5, 0.6) is 0 Å². The smallest absolute Gasteiger partial charge is 0.281 e. The van der Waals surface area contributed by atoms with Gasteiger partial charge in [-0.05, 0) is 25.3 Å². The fourth-order valence-corrected chi connectivity index (χ4v) is 3.15. The molecule has 3 rings (SSSR count). The van der Waals surface area contributed by atoms with Crippen LogP contribution in [0.1, 0.15) is 12.8 Å². The average molecular weight is 305 g/mol. The van der Waals surface area contributed by atoms with Crippen LogP contribution in [0.15, 0.2) is 17.3 Å². The maximum atomic E-state index is 12.4. The Kier molecular flexibility index (Phi) is 4.54. The molecule has 2 aromatic rings. The largest absolute Gasteiger partial charge is 0.385 e. The first kappa shape index (κ1) is 15.2. The lowest BCUT2D eigenvalue weighted by atomic mass is 10.1. The van der Waals surface area contributed by atoms with Crippen molar-refractivity contribution in [1.82, 2.24) is 24.2 Å². The van der Waals surface area contributed by atoms with E-state index >= 15 is 0 Å². The van der Waals surface area contributed by atoms with E-state index in [0.29, 0.717) is 17.0 Å². The number of aromatic nitrogens is 4. The van der Waals surface area contributed by atoms with Crippen LogP contribution in [0.25, 0.3) is 11.0 Å². The third kappa shape index (κ3) is 3.20. The van der Waals surface area contributed by atoms with Crippen LogP contribution in [0.4, 0.5) is 0 Å². The summed E-state index contributed by atoms with van der Waals surface area (Å²) in [4.78, 5) is 19.2. The molecule has 1 unspecified atom stereocenters. The van der Waals surface area contributed by atoms with Crippen molar-refractivity contribution >= 4 is 11.0 Å². The van der Waals surface area contributed by atoms with Crippen LogP contribution >= 0.6 is 0 Å². The molecule has 0 radical (unpaired) electrons. The van der Waals surface area contributed by atoms with Crippen molar-refractivity contribution in [3.05, 3.63) is 22.9 Å². The molecule has 1 saturated heterocycles. The highest BCUT2D eigenvalue weighted by atomic mass is 16.5. The van der Waals surface area contributed by atoms with Crippen LogP contribution in [0, 0.1) is 5.92 Å². The minimum Gasteiger partial charge on any atom is -0.385 e. The molecule has 1 aliphatic rings. The Bertz CT molecular complexity index is 693. The number of ether oxygens (including phenoxy) is 1. The average Bonchev–Trinajstić information content (AvgIpc) is 3.09.